The summed E-state index contributed by atoms with van der Waals surface area (Å²) in [7, 11) is 0. The summed E-state index contributed by atoms with van der Waals surface area (Å²) in [5, 5.41) is 0. The van der Waals surface area contributed by atoms with E-state index in [1.165, 1.54) is 4.57 Å². The van der Waals surface area contributed by atoms with E-state index in [0.717, 1.165) is 0 Å². The maximum atomic E-state index is 11.9. The molecular formula is C15H18N2O4. The van der Waals surface area contributed by atoms with Crippen molar-refractivity contribution in [1.29, 1.82) is 0 Å². The Labute approximate surface area is 121 Å². The summed E-state index contributed by atoms with van der Waals surface area (Å²) in [5.74, 6) is -0.439. The number of benzene rings is 1. The van der Waals surface area contributed by atoms with E-state index in [0.29, 0.717) is 24.0 Å². The molecule has 0 radical (unpaired) electrons. The van der Waals surface area contributed by atoms with Crippen molar-refractivity contribution in [2.75, 3.05) is 6.61 Å². The third kappa shape index (κ3) is 3.39. The minimum absolute atomic E-state index is 0.173. The van der Waals surface area contributed by atoms with Gasteiger partial charge in [-0.2, -0.15) is 0 Å². The van der Waals surface area contributed by atoms with Crippen LogP contribution in [0.25, 0.3) is 11.0 Å². The van der Waals surface area contributed by atoms with Crippen molar-refractivity contribution in [3.63, 3.8) is 0 Å². The second-order valence-electron chi connectivity index (χ2n) is 5.10. The van der Waals surface area contributed by atoms with Crippen molar-refractivity contribution < 1.29 is 9.53 Å². The molecule has 0 aliphatic rings. The maximum Gasteiger partial charge on any atom is 0.316 e. The zero-order valence-corrected chi connectivity index (χ0v) is 12.1. The smallest absolute Gasteiger partial charge is 0.316 e. The lowest BCUT2D eigenvalue weighted by molar-refractivity contribution is -0.147. The van der Waals surface area contributed by atoms with Crippen LogP contribution in [-0.2, 0) is 16.1 Å². The number of esters is 1. The van der Waals surface area contributed by atoms with E-state index in [-0.39, 0.29) is 18.5 Å². The normalized spacial score (nSPS) is 11.0. The van der Waals surface area contributed by atoms with Gasteiger partial charge in [-0.05, 0) is 18.6 Å². The van der Waals surface area contributed by atoms with Crippen LogP contribution in [0.1, 0.15) is 20.3 Å². The van der Waals surface area contributed by atoms with Crippen LogP contribution in [-0.4, -0.2) is 22.1 Å². The molecule has 0 aliphatic carbocycles. The number of hydrogen-bond donors (Lipinski definition) is 1. The highest BCUT2D eigenvalue weighted by atomic mass is 16.5. The van der Waals surface area contributed by atoms with E-state index in [9.17, 15) is 14.4 Å². The van der Waals surface area contributed by atoms with E-state index in [2.05, 4.69) is 4.98 Å². The quantitative estimate of drug-likeness (QED) is 0.511. The predicted molar refractivity (Wildman–Crippen MR) is 79.2 cm³/mol. The first-order chi connectivity index (χ1) is 10.0. The molecule has 0 aliphatic heterocycles. The van der Waals surface area contributed by atoms with Crippen molar-refractivity contribution in [2.45, 2.75) is 26.8 Å². The number of H-pyrrole nitrogens is 1. The fourth-order valence-electron chi connectivity index (χ4n) is 2.01. The molecule has 1 aromatic carbocycles. The molecule has 2 rings (SSSR count). The minimum Gasteiger partial charge on any atom is -0.465 e. The number of para-hydroxylation sites is 2. The SMILES string of the molecule is CC(C)C(=O)OCCCn1c(=O)c(=O)[nH]c2ccccc21. The minimum atomic E-state index is -0.645. The molecule has 0 bridgehead atoms. The van der Waals surface area contributed by atoms with Crippen molar-refractivity contribution in [3.8, 4) is 0 Å². The van der Waals surface area contributed by atoms with E-state index in [1.54, 1.807) is 38.1 Å². The molecule has 2 aromatic rings. The summed E-state index contributed by atoms with van der Waals surface area (Å²) in [6.45, 7) is 4.08. The molecule has 112 valence electrons. The van der Waals surface area contributed by atoms with Gasteiger partial charge in [-0.1, -0.05) is 26.0 Å². The van der Waals surface area contributed by atoms with Crippen LogP contribution >= 0.6 is 0 Å². The second-order valence-corrected chi connectivity index (χ2v) is 5.10. The van der Waals surface area contributed by atoms with Gasteiger partial charge in [0.05, 0.1) is 23.6 Å². The first-order valence-corrected chi connectivity index (χ1v) is 6.89. The average Bonchev–Trinajstić information content (AvgIpc) is 2.46. The molecule has 1 heterocycles. The molecule has 6 heteroatoms. The molecule has 0 spiro atoms. The van der Waals surface area contributed by atoms with Crippen LogP contribution < -0.4 is 11.1 Å². The van der Waals surface area contributed by atoms with Gasteiger partial charge in [-0.25, -0.2) is 0 Å². The largest absolute Gasteiger partial charge is 0.465 e. The van der Waals surface area contributed by atoms with Crippen molar-refractivity contribution >= 4 is 17.0 Å². The zero-order valence-electron chi connectivity index (χ0n) is 12.1. The number of nitrogens with zero attached hydrogens (tertiary/aromatic N) is 1. The predicted octanol–water partition coefficient (Wildman–Crippen LogP) is 1.28. The number of nitrogens with one attached hydrogen (secondary N) is 1. The Balaban J connectivity index is 2.15. The summed E-state index contributed by atoms with van der Waals surface area (Å²) in [6, 6.07) is 7.10. The molecule has 0 fully saturated rings. The lowest BCUT2D eigenvalue weighted by Crippen LogP contribution is -2.36. The molecule has 0 saturated carbocycles. The number of rotatable bonds is 5. The molecule has 0 amide bonds. The van der Waals surface area contributed by atoms with Gasteiger partial charge in [-0.3, -0.25) is 14.4 Å². The summed E-state index contributed by atoms with van der Waals surface area (Å²) in [6.07, 6.45) is 0.478. The Hall–Kier alpha value is -2.37. The van der Waals surface area contributed by atoms with Gasteiger partial charge < -0.3 is 14.3 Å². The highest BCUT2D eigenvalue weighted by Gasteiger charge is 2.09. The molecular weight excluding hydrogens is 272 g/mol. The number of aromatic amines is 1. The van der Waals surface area contributed by atoms with Gasteiger partial charge in [0.25, 0.3) is 0 Å². The lowest BCUT2D eigenvalue weighted by Gasteiger charge is -2.10. The number of ether oxygens (including phenoxy) is 1. The van der Waals surface area contributed by atoms with Crippen LogP contribution in [0.4, 0.5) is 0 Å². The van der Waals surface area contributed by atoms with Gasteiger partial charge in [0.15, 0.2) is 0 Å². The second kappa shape index (κ2) is 6.39. The molecule has 0 unspecified atom stereocenters. The third-order valence-electron chi connectivity index (χ3n) is 3.12. The molecule has 0 atom stereocenters. The lowest BCUT2D eigenvalue weighted by atomic mass is 10.2. The van der Waals surface area contributed by atoms with E-state index in [1.807, 2.05) is 0 Å². The van der Waals surface area contributed by atoms with Crippen molar-refractivity contribution in [3.05, 3.63) is 45.0 Å². The molecule has 21 heavy (non-hydrogen) atoms. The highest BCUT2D eigenvalue weighted by molar-refractivity contribution is 5.74. The molecule has 1 aromatic heterocycles. The summed E-state index contributed by atoms with van der Waals surface area (Å²) < 4.78 is 6.48. The van der Waals surface area contributed by atoms with Gasteiger partial charge in [0, 0.05) is 6.54 Å². The zero-order chi connectivity index (χ0) is 15.4. The van der Waals surface area contributed by atoms with Gasteiger partial charge >= 0.3 is 17.1 Å². The van der Waals surface area contributed by atoms with Crippen LogP contribution in [0.2, 0.25) is 0 Å². The van der Waals surface area contributed by atoms with Crippen LogP contribution in [0.15, 0.2) is 33.9 Å². The fraction of sp³-hybridized carbons (Fsp3) is 0.400. The summed E-state index contributed by atoms with van der Waals surface area (Å²) in [5.41, 5.74) is 0.0373. The summed E-state index contributed by atoms with van der Waals surface area (Å²) in [4.78, 5) is 37.4. The van der Waals surface area contributed by atoms with Crippen LogP contribution in [0.5, 0.6) is 0 Å². The van der Waals surface area contributed by atoms with E-state index < -0.39 is 11.1 Å². The molecule has 6 nitrogen and oxygen atoms in total. The number of aromatic nitrogens is 2. The number of carbonyl (C=O) groups excluding carboxylic acids is 1. The Morgan fingerprint density at radius 1 is 1.29 bits per heavy atom. The van der Waals surface area contributed by atoms with Crippen LogP contribution in [0, 0.1) is 5.92 Å². The van der Waals surface area contributed by atoms with Crippen LogP contribution in [0.3, 0.4) is 0 Å². The third-order valence-corrected chi connectivity index (χ3v) is 3.12. The van der Waals surface area contributed by atoms with Gasteiger partial charge in [0.1, 0.15) is 0 Å². The topological polar surface area (TPSA) is 81.2 Å². The molecule has 1 N–H and O–H groups in total. The van der Waals surface area contributed by atoms with E-state index in [4.69, 9.17) is 4.74 Å². The van der Waals surface area contributed by atoms with Gasteiger partial charge in [0.2, 0.25) is 0 Å². The van der Waals surface area contributed by atoms with Crippen molar-refractivity contribution in [1.82, 2.24) is 9.55 Å². The Morgan fingerprint density at radius 3 is 2.71 bits per heavy atom. The molecule has 0 saturated heterocycles. The summed E-state index contributed by atoms with van der Waals surface area (Å²) >= 11 is 0. The fourth-order valence-corrected chi connectivity index (χ4v) is 2.01. The Morgan fingerprint density at radius 2 is 2.00 bits per heavy atom. The maximum absolute atomic E-state index is 11.9. The van der Waals surface area contributed by atoms with Crippen molar-refractivity contribution in [2.24, 2.45) is 5.92 Å². The number of aryl methyl sites for hydroxylation is 1. The first-order valence-electron chi connectivity index (χ1n) is 6.89. The van der Waals surface area contributed by atoms with Gasteiger partial charge in [-0.15, -0.1) is 0 Å². The number of carbonyl (C=O) groups is 1. The monoisotopic (exact) mass is 290 g/mol. The first kappa shape index (κ1) is 15.0. The number of hydrogen-bond acceptors (Lipinski definition) is 4. The Bertz CT molecular complexity index is 758. The number of fused-ring (bicyclic) bond motifs is 1. The van der Waals surface area contributed by atoms with E-state index >= 15 is 0 Å². The Kier molecular flexibility index (Phi) is 4.57. The highest BCUT2D eigenvalue weighted by Crippen LogP contribution is 2.07. The standard InChI is InChI=1S/C15H18N2O4/c1-10(2)15(20)21-9-5-8-17-12-7-4-3-6-11(12)16-13(18)14(17)19/h3-4,6-7,10H,5,8-9H2,1-2H3,(H,16,18). The average molecular weight is 290 g/mol.